The molecule has 1 heterocycles. The van der Waals surface area contributed by atoms with Crippen molar-refractivity contribution in [3.8, 4) is 0 Å². The summed E-state index contributed by atoms with van der Waals surface area (Å²) in [4.78, 5) is 1.87. The normalized spacial score (nSPS) is 13.2. The molecule has 24 heavy (non-hydrogen) atoms. The van der Waals surface area contributed by atoms with Crippen molar-refractivity contribution in [2.45, 2.75) is 12.6 Å². The Bertz CT molecular complexity index is 740. The van der Waals surface area contributed by atoms with Crippen LogP contribution in [0.4, 0.5) is 0 Å². The Kier molecular flexibility index (Phi) is 5.48. The van der Waals surface area contributed by atoms with E-state index in [1.54, 1.807) is 0 Å². The van der Waals surface area contributed by atoms with Crippen molar-refractivity contribution >= 4 is 21.8 Å². The lowest BCUT2D eigenvalue weighted by Gasteiger charge is -2.24. The van der Waals surface area contributed by atoms with E-state index in [-0.39, 0.29) is 13.2 Å². The lowest BCUT2D eigenvalue weighted by Crippen LogP contribution is -2.38. The average molecular weight is 328 g/mol. The monoisotopic (exact) mass is 328 g/mol. The van der Waals surface area contributed by atoms with Gasteiger partial charge in [-0.2, -0.15) is 0 Å². The van der Waals surface area contributed by atoms with Crippen molar-refractivity contribution < 1.29 is 15.3 Å². The minimum Gasteiger partial charge on any atom is -0.395 e. The summed E-state index contributed by atoms with van der Waals surface area (Å²) < 4.78 is 2.14. The smallest absolute Gasteiger partial charge is 0.0846 e. The van der Waals surface area contributed by atoms with Crippen molar-refractivity contribution in [3.05, 3.63) is 48.5 Å². The maximum Gasteiger partial charge on any atom is 0.0846 e. The number of rotatable bonds is 8. The van der Waals surface area contributed by atoms with Gasteiger partial charge < -0.3 is 19.9 Å². The third kappa shape index (κ3) is 3.44. The number of hydrogen-bond acceptors (Lipinski definition) is 4. The van der Waals surface area contributed by atoms with Crippen LogP contribution in [-0.2, 0) is 6.54 Å². The molecule has 0 aliphatic heterocycles. The first-order chi connectivity index (χ1) is 11.7. The number of hydrogen-bond donors (Lipinski definition) is 3. The molecule has 0 bridgehead atoms. The topological polar surface area (TPSA) is 68.9 Å². The summed E-state index contributed by atoms with van der Waals surface area (Å²) in [6.45, 7) is 1.82. The molecule has 0 radical (unpaired) electrons. The summed E-state index contributed by atoms with van der Waals surface area (Å²) in [5.41, 5.74) is 2.21. The van der Waals surface area contributed by atoms with E-state index in [4.69, 9.17) is 10.2 Å². The van der Waals surface area contributed by atoms with Crippen LogP contribution in [0.5, 0.6) is 0 Å². The lowest BCUT2D eigenvalue weighted by molar-refractivity contribution is 0.0787. The Labute approximate surface area is 141 Å². The highest BCUT2D eigenvalue weighted by molar-refractivity contribution is 6.07. The molecule has 3 aromatic rings. The van der Waals surface area contributed by atoms with Crippen LogP contribution in [0, 0.1) is 0 Å². The molecule has 0 aliphatic carbocycles. The van der Waals surface area contributed by atoms with Crippen LogP contribution in [0.15, 0.2) is 48.5 Å². The summed E-state index contributed by atoms with van der Waals surface area (Å²) in [5, 5.41) is 31.1. The van der Waals surface area contributed by atoms with Crippen molar-refractivity contribution in [1.29, 1.82) is 0 Å². The number of aliphatic hydroxyl groups excluding tert-OH is 3. The molecule has 3 rings (SSSR count). The van der Waals surface area contributed by atoms with Crippen LogP contribution in [0.25, 0.3) is 21.8 Å². The second kappa shape index (κ2) is 7.77. The highest BCUT2D eigenvalue weighted by Crippen LogP contribution is 2.28. The van der Waals surface area contributed by atoms with Gasteiger partial charge in [0.05, 0.1) is 25.9 Å². The van der Waals surface area contributed by atoms with Gasteiger partial charge in [-0.15, -0.1) is 0 Å². The van der Waals surface area contributed by atoms with E-state index in [9.17, 15) is 5.11 Å². The van der Waals surface area contributed by atoms with E-state index < -0.39 is 6.10 Å². The summed E-state index contributed by atoms with van der Waals surface area (Å²) in [7, 11) is 0. The first-order valence-electron chi connectivity index (χ1n) is 8.32. The fourth-order valence-electron chi connectivity index (χ4n) is 3.34. The molecule has 5 nitrogen and oxygen atoms in total. The highest BCUT2D eigenvalue weighted by Gasteiger charge is 2.15. The largest absolute Gasteiger partial charge is 0.395 e. The van der Waals surface area contributed by atoms with E-state index in [2.05, 4.69) is 28.8 Å². The maximum atomic E-state index is 10.5. The minimum atomic E-state index is -0.581. The molecule has 2 aromatic carbocycles. The molecule has 0 spiro atoms. The van der Waals surface area contributed by atoms with Crippen LogP contribution in [0.1, 0.15) is 0 Å². The van der Waals surface area contributed by atoms with Crippen LogP contribution < -0.4 is 0 Å². The first kappa shape index (κ1) is 16.9. The van der Waals surface area contributed by atoms with Crippen molar-refractivity contribution in [2.24, 2.45) is 0 Å². The SMILES string of the molecule is OCCN(CCO)C[C@H](O)Cn1c2ccccc2c2ccccc21. The predicted molar refractivity (Wildman–Crippen MR) is 96.1 cm³/mol. The number of para-hydroxylation sites is 2. The van der Waals surface area contributed by atoms with Crippen molar-refractivity contribution in [1.82, 2.24) is 9.47 Å². The molecule has 0 aliphatic rings. The zero-order valence-corrected chi connectivity index (χ0v) is 13.7. The quantitative estimate of drug-likeness (QED) is 0.585. The van der Waals surface area contributed by atoms with Crippen LogP contribution in [0.2, 0.25) is 0 Å². The highest BCUT2D eigenvalue weighted by atomic mass is 16.3. The molecule has 0 saturated heterocycles. The Morgan fingerprint density at radius 3 is 1.83 bits per heavy atom. The zero-order chi connectivity index (χ0) is 16.9. The van der Waals surface area contributed by atoms with E-state index in [0.717, 1.165) is 11.0 Å². The maximum absolute atomic E-state index is 10.5. The molecule has 0 saturated carbocycles. The van der Waals surface area contributed by atoms with Gasteiger partial charge in [-0.3, -0.25) is 4.90 Å². The van der Waals surface area contributed by atoms with Gasteiger partial charge in [0.1, 0.15) is 0 Å². The summed E-state index contributed by atoms with van der Waals surface area (Å²) in [5.74, 6) is 0. The van der Waals surface area contributed by atoms with Crippen LogP contribution in [0.3, 0.4) is 0 Å². The third-order valence-corrected chi connectivity index (χ3v) is 4.37. The number of benzene rings is 2. The zero-order valence-electron chi connectivity index (χ0n) is 13.7. The van der Waals surface area contributed by atoms with Gasteiger partial charge >= 0.3 is 0 Å². The molecule has 0 fully saturated rings. The van der Waals surface area contributed by atoms with Crippen molar-refractivity contribution in [3.63, 3.8) is 0 Å². The van der Waals surface area contributed by atoms with Gasteiger partial charge in [0.2, 0.25) is 0 Å². The molecule has 1 atom stereocenters. The Balaban J connectivity index is 1.88. The molecular formula is C19H24N2O3. The molecular weight excluding hydrogens is 304 g/mol. The van der Waals surface area contributed by atoms with E-state index >= 15 is 0 Å². The predicted octanol–water partition coefficient (Wildman–Crippen LogP) is 1.44. The Hall–Kier alpha value is -1.92. The average Bonchev–Trinajstić information content (AvgIpc) is 2.90. The summed E-state index contributed by atoms with van der Waals surface area (Å²) in [6.07, 6.45) is -0.581. The molecule has 3 N–H and O–H groups in total. The van der Waals surface area contributed by atoms with Gasteiger partial charge in [0.15, 0.2) is 0 Å². The molecule has 128 valence electrons. The molecule has 0 amide bonds. The molecule has 0 unspecified atom stereocenters. The van der Waals surface area contributed by atoms with Gasteiger partial charge in [0, 0.05) is 41.4 Å². The van der Waals surface area contributed by atoms with Gasteiger partial charge in [0.25, 0.3) is 0 Å². The van der Waals surface area contributed by atoms with Gasteiger partial charge in [-0.25, -0.2) is 0 Å². The van der Waals surface area contributed by atoms with E-state index in [1.165, 1.54) is 10.8 Å². The lowest BCUT2D eigenvalue weighted by atomic mass is 10.2. The number of aromatic nitrogens is 1. The van der Waals surface area contributed by atoms with Gasteiger partial charge in [-0.1, -0.05) is 36.4 Å². The Morgan fingerprint density at radius 1 is 0.833 bits per heavy atom. The number of aliphatic hydroxyl groups is 3. The summed E-state index contributed by atoms with van der Waals surface area (Å²) in [6, 6.07) is 16.4. The van der Waals surface area contributed by atoms with E-state index in [0.29, 0.717) is 26.2 Å². The molecule has 5 heteroatoms. The Morgan fingerprint density at radius 2 is 1.33 bits per heavy atom. The van der Waals surface area contributed by atoms with Crippen LogP contribution >= 0.6 is 0 Å². The second-order valence-corrected chi connectivity index (χ2v) is 6.05. The van der Waals surface area contributed by atoms with Crippen molar-refractivity contribution in [2.75, 3.05) is 32.8 Å². The first-order valence-corrected chi connectivity index (χ1v) is 8.32. The second-order valence-electron chi connectivity index (χ2n) is 6.05. The number of fused-ring (bicyclic) bond motifs is 3. The van der Waals surface area contributed by atoms with Crippen LogP contribution in [-0.4, -0.2) is 63.7 Å². The fourth-order valence-corrected chi connectivity index (χ4v) is 3.34. The summed E-state index contributed by atoms with van der Waals surface area (Å²) >= 11 is 0. The number of nitrogens with zero attached hydrogens (tertiary/aromatic N) is 2. The standard InChI is InChI=1S/C19H24N2O3/c22-11-9-20(10-12-23)13-15(24)14-21-18-7-3-1-5-16(18)17-6-2-4-8-19(17)21/h1-8,15,22-24H,9-14H2/t15-/m0/s1. The molecule has 1 aromatic heterocycles. The third-order valence-electron chi connectivity index (χ3n) is 4.37. The van der Waals surface area contributed by atoms with E-state index in [1.807, 2.05) is 29.2 Å². The fraction of sp³-hybridized carbons (Fsp3) is 0.368. The van der Waals surface area contributed by atoms with Gasteiger partial charge in [-0.05, 0) is 12.1 Å². The minimum absolute atomic E-state index is 0.0160.